The van der Waals surface area contributed by atoms with Crippen LogP contribution in [0.5, 0.6) is 5.75 Å². The molecule has 6 nitrogen and oxygen atoms in total. The van der Waals surface area contributed by atoms with Crippen LogP contribution in [-0.2, 0) is 12.0 Å². The number of aliphatic hydroxyl groups is 1. The average Bonchev–Trinajstić information content (AvgIpc) is 3.02. The molecule has 0 bridgehead atoms. The maximum absolute atomic E-state index is 10.7. The molecule has 8 heteroatoms. The molecule has 1 aliphatic rings. The largest absolute Gasteiger partial charge is 0.496 e. The van der Waals surface area contributed by atoms with E-state index in [1.165, 1.54) is 11.3 Å². The predicted molar refractivity (Wildman–Crippen MR) is 116 cm³/mol. The van der Waals surface area contributed by atoms with Gasteiger partial charge in [-0.25, -0.2) is 0 Å². The van der Waals surface area contributed by atoms with Gasteiger partial charge >= 0.3 is 0 Å². The second kappa shape index (κ2) is 8.31. The predicted octanol–water partition coefficient (Wildman–Crippen LogP) is 4.25. The Labute approximate surface area is 179 Å². The van der Waals surface area contributed by atoms with Gasteiger partial charge in [0.1, 0.15) is 5.75 Å². The maximum atomic E-state index is 10.7. The summed E-state index contributed by atoms with van der Waals surface area (Å²) >= 11 is 7.69. The number of rotatable bonds is 4. The van der Waals surface area contributed by atoms with Crippen LogP contribution in [0.3, 0.4) is 0 Å². The van der Waals surface area contributed by atoms with E-state index in [1.807, 2.05) is 17.0 Å². The number of ether oxygens (including phenoxy) is 1. The Bertz CT molecular complexity index is 1040. The van der Waals surface area contributed by atoms with Crippen molar-refractivity contribution in [3.05, 3.63) is 44.7 Å². The molecule has 29 heavy (non-hydrogen) atoms. The Morgan fingerprint density at radius 2 is 2.14 bits per heavy atom. The van der Waals surface area contributed by atoms with Crippen molar-refractivity contribution in [1.82, 2.24) is 4.57 Å². The summed E-state index contributed by atoms with van der Waals surface area (Å²) in [4.78, 5) is 10.4. The maximum Gasteiger partial charge on any atom is 0.207 e. The fourth-order valence-corrected chi connectivity index (χ4v) is 4.35. The SMILES string of the molecule is COc1ccc(Cl)cc1C(/N=c1\sc(C(C)(C)C)cn1CC1(O)CCC1)=N\C#N. The van der Waals surface area contributed by atoms with Gasteiger partial charge in [0.2, 0.25) is 6.19 Å². The Kier molecular flexibility index (Phi) is 6.18. The number of nitrogens with zero attached hydrogens (tertiary/aromatic N) is 4. The molecule has 0 spiro atoms. The van der Waals surface area contributed by atoms with E-state index in [2.05, 4.69) is 25.8 Å². The van der Waals surface area contributed by atoms with Crippen LogP contribution in [0.2, 0.25) is 5.02 Å². The minimum atomic E-state index is -0.703. The van der Waals surface area contributed by atoms with Crippen molar-refractivity contribution in [2.75, 3.05) is 7.11 Å². The molecule has 154 valence electrons. The third kappa shape index (κ3) is 4.89. The van der Waals surface area contributed by atoms with E-state index in [1.54, 1.807) is 25.3 Å². The van der Waals surface area contributed by atoms with Crippen LogP contribution < -0.4 is 9.54 Å². The van der Waals surface area contributed by atoms with Crippen LogP contribution in [0.25, 0.3) is 0 Å². The summed E-state index contributed by atoms with van der Waals surface area (Å²) in [5.74, 6) is 0.757. The van der Waals surface area contributed by atoms with Gasteiger partial charge in [-0.05, 0) is 42.9 Å². The van der Waals surface area contributed by atoms with Gasteiger partial charge in [0, 0.05) is 16.1 Å². The molecule has 0 unspecified atom stereocenters. The zero-order valence-electron chi connectivity index (χ0n) is 17.1. The molecule has 0 saturated heterocycles. The Hall–Kier alpha value is -2.14. The minimum Gasteiger partial charge on any atom is -0.496 e. The van der Waals surface area contributed by atoms with E-state index in [9.17, 15) is 10.4 Å². The van der Waals surface area contributed by atoms with E-state index >= 15 is 0 Å². The lowest BCUT2D eigenvalue weighted by Crippen LogP contribution is -2.42. The van der Waals surface area contributed by atoms with Crippen LogP contribution in [-0.4, -0.2) is 28.2 Å². The van der Waals surface area contributed by atoms with Crippen molar-refractivity contribution in [3.63, 3.8) is 0 Å². The molecule has 1 aromatic carbocycles. The molecular formula is C21H25ClN4O2S. The van der Waals surface area contributed by atoms with Crippen molar-refractivity contribution in [1.29, 1.82) is 5.26 Å². The number of aromatic nitrogens is 1. The van der Waals surface area contributed by atoms with Gasteiger partial charge < -0.3 is 14.4 Å². The first-order valence-electron chi connectivity index (χ1n) is 9.44. The quantitative estimate of drug-likeness (QED) is 0.445. The fourth-order valence-electron chi connectivity index (χ4n) is 3.13. The van der Waals surface area contributed by atoms with Gasteiger partial charge in [0.15, 0.2) is 10.6 Å². The minimum absolute atomic E-state index is 0.0668. The van der Waals surface area contributed by atoms with E-state index in [0.29, 0.717) is 27.7 Å². The van der Waals surface area contributed by atoms with Crippen molar-refractivity contribution in [3.8, 4) is 11.9 Å². The lowest BCUT2D eigenvalue weighted by Gasteiger charge is -2.36. The fraction of sp³-hybridized carbons (Fsp3) is 0.476. The summed E-state index contributed by atoms with van der Waals surface area (Å²) in [7, 11) is 1.55. The highest BCUT2D eigenvalue weighted by Crippen LogP contribution is 2.34. The van der Waals surface area contributed by atoms with Crippen LogP contribution >= 0.6 is 22.9 Å². The van der Waals surface area contributed by atoms with Gasteiger partial charge in [0.05, 0.1) is 24.8 Å². The third-order valence-corrected chi connectivity index (χ3v) is 6.65. The molecular weight excluding hydrogens is 408 g/mol. The Balaban J connectivity index is 2.16. The number of hydrogen-bond acceptors (Lipinski definition) is 5. The topological polar surface area (TPSA) is 82.9 Å². The van der Waals surface area contributed by atoms with Gasteiger partial charge in [-0.1, -0.05) is 32.4 Å². The van der Waals surface area contributed by atoms with E-state index in [0.717, 1.165) is 24.1 Å². The van der Waals surface area contributed by atoms with Crippen LogP contribution in [0, 0.1) is 11.5 Å². The number of nitriles is 1. The molecule has 0 radical (unpaired) electrons. The zero-order valence-corrected chi connectivity index (χ0v) is 18.6. The molecule has 1 aliphatic carbocycles. The molecule has 3 rings (SSSR count). The monoisotopic (exact) mass is 432 g/mol. The number of methoxy groups -OCH3 is 1. The summed E-state index contributed by atoms with van der Waals surface area (Å²) in [6.45, 7) is 6.87. The summed E-state index contributed by atoms with van der Waals surface area (Å²) in [5, 5.41) is 20.4. The van der Waals surface area contributed by atoms with E-state index in [4.69, 9.17) is 21.3 Å². The van der Waals surface area contributed by atoms with E-state index < -0.39 is 5.60 Å². The lowest BCUT2D eigenvalue weighted by molar-refractivity contribution is -0.0478. The number of benzene rings is 1. The average molecular weight is 433 g/mol. The molecule has 1 aromatic heterocycles. The smallest absolute Gasteiger partial charge is 0.207 e. The molecule has 1 heterocycles. The second-order valence-corrected chi connectivity index (χ2v) is 9.77. The number of amidine groups is 1. The number of halogens is 1. The highest BCUT2D eigenvalue weighted by atomic mass is 35.5. The number of aliphatic imine (C=N–C) groups is 1. The van der Waals surface area contributed by atoms with Crippen molar-refractivity contribution >= 4 is 28.8 Å². The first kappa shape index (κ1) is 21.6. The number of hydrogen-bond donors (Lipinski definition) is 1. The van der Waals surface area contributed by atoms with Gasteiger partial charge in [-0.2, -0.15) is 15.2 Å². The third-order valence-electron chi connectivity index (χ3n) is 4.97. The van der Waals surface area contributed by atoms with Crippen molar-refractivity contribution in [2.24, 2.45) is 9.98 Å². The molecule has 0 aliphatic heterocycles. The first-order chi connectivity index (χ1) is 13.6. The molecule has 0 atom stereocenters. The Morgan fingerprint density at radius 3 is 2.69 bits per heavy atom. The van der Waals surface area contributed by atoms with Crippen LogP contribution in [0.1, 0.15) is 50.5 Å². The normalized spacial score (nSPS) is 17.0. The Morgan fingerprint density at radius 1 is 1.41 bits per heavy atom. The summed E-state index contributed by atoms with van der Waals surface area (Å²) < 4.78 is 7.38. The summed E-state index contributed by atoms with van der Waals surface area (Å²) in [5.41, 5.74) is -0.227. The molecule has 0 amide bonds. The zero-order chi connectivity index (χ0) is 21.2. The molecule has 1 fully saturated rings. The summed E-state index contributed by atoms with van der Waals surface area (Å²) in [6.07, 6.45) is 6.45. The highest BCUT2D eigenvalue weighted by Gasteiger charge is 2.35. The lowest BCUT2D eigenvalue weighted by atomic mass is 9.80. The first-order valence-corrected chi connectivity index (χ1v) is 10.6. The summed E-state index contributed by atoms with van der Waals surface area (Å²) in [6, 6.07) is 5.12. The number of thiazole rings is 1. The van der Waals surface area contributed by atoms with E-state index in [-0.39, 0.29) is 11.3 Å². The van der Waals surface area contributed by atoms with Crippen LogP contribution in [0.4, 0.5) is 0 Å². The molecule has 1 saturated carbocycles. The second-order valence-electron chi connectivity index (χ2n) is 8.33. The van der Waals surface area contributed by atoms with Gasteiger partial charge in [-0.3, -0.25) is 0 Å². The van der Waals surface area contributed by atoms with Gasteiger partial charge in [-0.15, -0.1) is 11.3 Å². The van der Waals surface area contributed by atoms with Gasteiger partial charge in [0.25, 0.3) is 0 Å². The molecule has 2 aromatic rings. The van der Waals surface area contributed by atoms with Crippen molar-refractivity contribution in [2.45, 2.75) is 57.6 Å². The highest BCUT2D eigenvalue weighted by molar-refractivity contribution is 7.09. The van der Waals surface area contributed by atoms with Crippen molar-refractivity contribution < 1.29 is 9.84 Å². The standard InChI is InChI=1S/C21H25ClN4O2S/c1-20(2,3)17-11-26(12-21(27)8-5-9-21)19(29-17)25-18(24-13-23)15-10-14(22)6-7-16(15)28-4/h6-7,10-11,27H,5,8-9,12H2,1-4H3/b24-18+,25-19-. The van der Waals surface area contributed by atoms with Crippen LogP contribution in [0.15, 0.2) is 34.4 Å². The molecule has 1 N–H and O–H groups in total.